The quantitative estimate of drug-likeness (QED) is 0.852. The van der Waals surface area contributed by atoms with Gasteiger partial charge in [0.25, 0.3) is 0 Å². The Morgan fingerprint density at radius 1 is 1.25 bits per heavy atom. The first-order valence-electron chi connectivity index (χ1n) is 7.13. The van der Waals surface area contributed by atoms with E-state index in [1.807, 2.05) is 18.2 Å². The van der Waals surface area contributed by atoms with Crippen LogP contribution in [0.15, 0.2) is 36.8 Å². The zero-order valence-corrected chi connectivity index (χ0v) is 11.1. The third-order valence-corrected chi connectivity index (χ3v) is 4.56. The molecule has 20 heavy (non-hydrogen) atoms. The lowest BCUT2D eigenvalue weighted by molar-refractivity contribution is 0.502. The fourth-order valence-electron chi connectivity index (χ4n) is 3.58. The van der Waals surface area contributed by atoms with Gasteiger partial charge in [-0.15, -0.1) is 0 Å². The highest BCUT2D eigenvalue weighted by atomic mass is 19.1. The van der Waals surface area contributed by atoms with Crippen LogP contribution in [0.1, 0.15) is 30.7 Å². The summed E-state index contributed by atoms with van der Waals surface area (Å²) in [6.07, 6.45) is 8.70. The van der Waals surface area contributed by atoms with Crippen LogP contribution in [0.5, 0.6) is 0 Å². The summed E-state index contributed by atoms with van der Waals surface area (Å²) in [4.78, 5) is 8.02. The normalized spacial score (nSPS) is 27.9. The van der Waals surface area contributed by atoms with E-state index in [-0.39, 0.29) is 0 Å². The average Bonchev–Trinajstić information content (AvgIpc) is 3.11. The number of nitrogens with zero attached hydrogens (tertiary/aromatic N) is 2. The minimum absolute atomic E-state index is 0.419. The third-order valence-electron chi connectivity index (χ3n) is 4.56. The first kappa shape index (κ1) is 12.0. The molecule has 4 heteroatoms. The molecular weight excluding hydrogens is 253 g/mol. The maximum atomic E-state index is 14.0. The number of fused-ring (bicyclic) bond motifs is 2. The SMILES string of the molecule is Fc1ncc([C@@H]2CC3CC[C@@H]2N3)cc1-c1cccnc1. The Labute approximate surface area is 117 Å². The summed E-state index contributed by atoms with van der Waals surface area (Å²) in [6, 6.07) is 6.81. The van der Waals surface area contributed by atoms with Gasteiger partial charge >= 0.3 is 0 Å². The molecule has 2 fully saturated rings. The minimum Gasteiger partial charge on any atom is -0.311 e. The lowest BCUT2D eigenvalue weighted by Gasteiger charge is -2.20. The zero-order chi connectivity index (χ0) is 13.5. The van der Waals surface area contributed by atoms with E-state index < -0.39 is 5.95 Å². The largest absolute Gasteiger partial charge is 0.311 e. The van der Waals surface area contributed by atoms with Crippen molar-refractivity contribution in [3.8, 4) is 11.1 Å². The first-order valence-corrected chi connectivity index (χ1v) is 7.13. The van der Waals surface area contributed by atoms with Gasteiger partial charge in [0.05, 0.1) is 0 Å². The number of hydrogen-bond donors (Lipinski definition) is 1. The van der Waals surface area contributed by atoms with Crippen molar-refractivity contribution in [2.45, 2.75) is 37.3 Å². The van der Waals surface area contributed by atoms with Crippen LogP contribution in [0.3, 0.4) is 0 Å². The molecule has 4 heterocycles. The molecule has 3 nitrogen and oxygen atoms in total. The molecule has 0 saturated carbocycles. The van der Waals surface area contributed by atoms with Crippen LogP contribution in [0.25, 0.3) is 11.1 Å². The van der Waals surface area contributed by atoms with Gasteiger partial charge in [0.2, 0.25) is 5.95 Å². The summed E-state index contributed by atoms with van der Waals surface area (Å²) in [5.74, 6) is 0.0511. The van der Waals surface area contributed by atoms with E-state index in [9.17, 15) is 4.39 Å². The van der Waals surface area contributed by atoms with Gasteiger partial charge in [-0.2, -0.15) is 4.39 Å². The van der Waals surface area contributed by atoms with E-state index >= 15 is 0 Å². The Balaban J connectivity index is 1.72. The van der Waals surface area contributed by atoms with Gasteiger partial charge in [0.1, 0.15) is 0 Å². The van der Waals surface area contributed by atoms with E-state index in [1.165, 1.54) is 12.8 Å². The standard InChI is InChI=1S/C16H16FN3/c17-16-14(10-2-1-5-18-8-10)6-11(9-19-16)13-7-12-3-4-15(13)20-12/h1-2,5-6,8-9,12-13,15,20H,3-4,7H2/t12?,13-,15-/m0/s1. The number of halogens is 1. The zero-order valence-electron chi connectivity index (χ0n) is 11.1. The van der Waals surface area contributed by atoms with Crippen molar-refractivity contribution in [2.24, 2.45) is 0 Å². The van der Waals surface area contributed by atoms with Crippen LogP contribution in [-0.4, -0.2) is 22.1 Å². The second-order valence-electron chi connectivity index (χ2n) is 5.74. The number of hydrogen-bond acceptors (Lipinski definition) is 3. The van der Waals surface area contributed by atoms with Gasteiger partial charge in [0.15, 0.2) is 0 Å². The summed E-state index contributed by atoms with van der Waals surface area (Å²) in [7, 11) is 0. The fourth-order valence-corrected chi connectivity index (χ4v) is 3.58. The number of rotatable bonds is 2. The van der Waals surface area contributed by atoms with Crippen molar-refractivity contribution >= 4 is 0 Å². The first-order chi connectivity index (χ1) is 9.81. The van der Waals surface area contributed by atoms with Gasteiger partial charge in [-0.1, -0.05) is 6.07 Å². The van der Waals surface area contributed by atoms with Gasteiger partial charge in [-0.05, 0) is 37.0 Å². The van der Waals surface area contributed by atoms with E-state index in [0.717, 1.165) is 17.5 Å². The van der Waals surface area contributed by atoms with Gasteiger partial charge in [0, 0.05) is 47.7 Å². The fraction of sp³-hybridized carbons (Fsp3) is 0.375. The number of aromatic nitrogens is 2. The Morgan fingerprint density at radius 3 is 2.90 bits per heavy atom. The van der Waals surface area contributed by atoms with Crippen LogP contribution in [0.4, 0.5) is 4.39 Å². The molecule has 4 rings (SSSR count). The average molecular weight is 269 g/mol. The van der Waals surface area contributed by atoms with E-state index in [4.69, 9.17) is 0 Å². The molecule has 2 aliphatic heterocycles. The van der Waals surface area contributed by atoms with Crippen LogP contribution in [-0.2, 0) is 0 Å². The topological polar surface area (TPSA) is 37.8 Å². The minimum atomic E-state index is -0.419. The molecule has 2 bridgehead atoms. The molecule has 0 spiro atoms. The smallest absolute Gasteiger partial charge is 0.220 e. The van der Waals surface area contributed by atoms with E-state index in [1.54, 1.807) is 18.6 Å². The molecule has 1 N–H and O–H groups in total. The van der Waals surface area contributed by atoms with Crippen LogP contribution in [0, 0.1) is 5.95 Å². The highest BCUT2D eigenvalue weighted by molar-refractivity contribution is 5.62. The predicted molar refractivity (Wildman–Crippen MR) is 74.7 cm³/mol. The summed E-state index contributed by atoms with van der Waals surface area (Å²) in [5, 5.41) is 3.62. The maximum absolute atomic E-state index is 14.0. The summed E-state index contributed by atoms with van der Waals surface area (Å²) >= 11 is 0. The molecule has 2 aliphatic rings. The highest BCUT2D eigenvalue weighted by Crippen LogP contribution is 2.40. The molecule has 2 saturated heterocycles. The Morgan fingerprint density at radius 2 is 2.20 bits per heavy atom. The summed E-state index contributed by atoms with van der Waals surface area (Å²) in [5.41, 5.74) is 2.48. The molecule has 0 radical (unpaired) electrons. The van der Waals surface area contributed by atoms with Crippen LogP contribution >= 0.6 is 0 Å². The molecule has 3 atom stereocenters. The molecule has 0 amide bonds. The third kappa shape index (κ3) is 1.91. The second kappa shape index (κ2) is 4.63. The van der Waals surface area contributed by atoms with E-state index in [0.29, 0.717) is 23.6 Å². The molecule has 2 aromatic rings. The molecular formula is C16H16FN3. The predicted octanol–water partition coefficient (Wildman–Crippen LogP) is 2.89. The molecule has 2 aromatic heterocycles. The molecule has 102 valence electrons. The Bertz CT molecular complexity index is 629. The maximum Gasteiger partial charge on any atom is 0.220 e. The van der Waals surface area contributed by atoms with Crippen molar-refractivity contribution in [1.29, 1.82) is 0 Å². The summed E-state index contributed by atoms with van der Waals surface area (Å²) in [6.45, 7) is 0. The summed E-state index contributed by atoms with van der Waals surface area (Å²) < 4.78 is 14.0. The van der Waals surface area contributed by atoms with E-state index in [2.05, 4.69) is 15.3 Å². The van der Waals surface area contributed by atoms with Gasteiger partial charge in [-0.25, -0.2) is 4.98 Å². The van der Waals surface area contributed by atoms with Crippen molar-refractivity contribution in [2.75, 3.05) is 0 Å². The Kier molecular flexibility index (Phi) is 2.77. The van der Waals surface area contributed by atoms with Crippen molar-refractivity contribution in [3.63, 3.8) is 0 Å². The van der Waals surface area contributed by atoms with Crippen LogP contribution < -0.4 is 5.32 Å². The van der Waals surface area contributed by atoms with Crippen molar-refractivity contribution in [1.82, 2.24) is 15.3 Å². The van der Waals surface area contributed by atoms with Gasteiger partial charge in [-0.3, -0.25) is 4.98 Å². The Hall–Kier alpha value is -1.81. The van der Waals surface area contributed by atoms with Crippen molar-refractivity contribution < 1.29 is 4.39 Å². The molecule has 0 aromatic carbocycles. The van der Waals surface area contributed by atoms with Crippen molar-refractivity contribution in [3.05, 3.63) is 48.3 Å². The van der Waals surface area contributed by atoms with Crippen LogP contribution in [0.2, 0.25) is 0 Å². The monoisotopic (exact) mass is 269 g/mol. The number of pyridine rings is 2. The second-order valence-corrected chi connectivity index (χ2v) is 5.74. The van der Waals surface area contributed by atoms with Gasteiger partial charge < -0.3 is 5.32 Å². The molecule has 1 unspecified atom stereocenters. The lowest BCUT2D eigenvalue weighted by atomic mass is 9.84. The number of nitrogens with one attached hydrogen (secondary N) is 1. The lowest BCUT2D eigenvalue weighted by Crippen LogP contribution is -2.21. The highest BCUT2D eigenvalue weighted by Gasteiger charge is 2.39. The molecule has 0 aliphatic carbocycles.